The Bertz CT molecular complexity index is 795. The third-order valence-electron chi connectivity index (χ3n) is 3.28. The number of nitrogens with one attached hydrogen (secondary N) is 2. The molecular weight excluding hydrogens is 266 g/mol. The van der Waals surface area contributed by atoms with Gasteiger partial charge in [0.2, 0.25) is 0 Å². The third kappa shape index (κ3) is 2.74. The van der Waals surface area contributed by atoms with E-state index in [1.54, 1.807) is 18.2 Å². The summed E-state index contributed by atoms with van der Waals surface area (Å²) in [5, 5.41) is 13.4. The number of fused-ring (bicyclic) bond motifs is 1. The van der Waals surface area contributed by atoms with Crippen molar-refractivity contribution in [2.75, 3.05) is 0 Å². The van der Waals surface area contributed by atoms with Gasteiger partial charge >= 0.3 is 0 Å². The molecule has 0 radical (unpaired) electrons. The Balaban J connectivity index is 1.79. The van der Waals surface area contributed by atoms with Crippen molar-refractivity contribution in [3.8, 4) is 0 Å². The fourth-order valence-electron chi connectivity index (χ4n) is 2.14. The Morgan fingerprint density at radius 1 is 1.19 bits per heavy atom. The average Bonchev–Trinajstić information content (AvgIpc) is 2.94. The molecule has 6 nitrogen and oxygen atoms in total. The third-order valence-corrected chi connectivity index (χ3v) is 3.28. The van der Waals surface area contributed by atoms with Crippen molar-refractivity contribution in [1.29, 1.82) is 0 Å². The molecule has 0 aliphatic carbocycles. The van der Waals surface area contributed by atoms with Gasteiger partial charge in [0, 0.05) is 11.3 Å². The molecule has 6 heteroatoms. The number of rotatable bonds is 3. The minimum absolute atomic E-state index is 0.157. The average molecular weight is 281 g/mol. The maximum Gasteiger partial charge on any atom is 0.251 e. The van der Waals surface area contributed by atoms with Gasteiger partial charge in [-0.3, -0.25) is 9.78 Å². The van der Waals surface area contributed by atoms with Crippen LogP contribution < -0.4 is 5.32 Å². The minimum Gasteiger partial charge on any atom is -0.344 e. The number of aromatic nitrogens is 4. The van der Waals surface area contributed by atoms with Crippen LogP contribution in [0.4, 0.5) is 0 Å². The molecule has 0 aliphatic rings. The zero-order valence-corrected chi connectivity index (χ0v) is 11.8. The smallest absolute Gasteiger partial charge is 0.251 e. The number of carbonyl (C=O) groups excluding carboxylic acids is 1. The van der Waals surface area contributed by atoms with E-state index in [1.807, 2.05) is 32.0 Å². The summed E-state index contributed by atoms with van der Waals surface area (Å²) in [6, 6.07) is 10.8. The van der Waals surface area contributed by atoms with Gasteiger partial charge in [0.15, 0.2) is 0 Å². The van der Waals surface area contributed by atoms with E-state index in [9.17, 15) is 4.79 Å². The van der Waals surface area contributed by atoms with Gasteiger partial charge < -0.3 is 5.32 Å². The Kier molecular flexibility index (Phi) is 3.35. The normalized spacial score (nSPS) is 12.3. The fraction of sp³-hybridized carbons (Fsp3) is 0.200. The van der Waals surface area contributed by atoms with Crippen molar-refractivity contribution < 1.29 is 4.79 Å². The molecule has 1 atom stereocenters. The van der Waals surface area contributed by atoms with Crippen LogP contribution in [0.25, 0.3) is 11.0 Å². The van der Waals surface area contributed by atoms with Gasteiger partial charge in [-0.05, 0) is 44.2 Å². The molecule has 0 saturated carbocycles. The number of hydrogen-bond donors (Lipinski definition) is 2. The fourth-order valence-corrected chi connectivity index (χ4v) is 2.14. The first-order valence-electron chi connectivity index (χ1n) is 6.68. The van der Waals surface area contributed by atoms with Crippen LogP contribution in [0.2, 0.25) is 0 Å². The Labute approximate surface area is 121 Å². The standard InChI is InChI=1S/C15H15N5O/c1-9-4-3-5-12(16-9)10(2)17-15(21)11-6-7-13-14(8-11)19-20-18-13/h3-8,10H,1-2H3,(H,17,21)(H,18,19,20)/t10-/m1/s1. The highest BCUT2D eigenvalue weighted by atomic mass is 16.1. The van der Waals surface area contributed by atoms with Crippen LogP contribution in [0.3, 0.4) is 0 Å². The summed E-state index contributed by atoms with van der Waals surface area (Å²) < 4.78 is 0. The van der Waals surface area contributed by atoms with Crippen LogP contribution in [0, 0.1) is 6.92 Å². The molecular formula is C15H15N5O. The second-order valence-electron chi connectivity index (χ2n) is 4.93. The van der Waals surface area contributed by atoms with Gasteiger partial charge in [-0.15, -0.1) is 0 Å². The van der Waals surface area contributed by atoms with E-state index < -0.39 is 0 Å². The topological polar surface area (TPSA) is 83.6 Å². The summed E-state index contributed by atoms with van der Waals surface area (Å²) in [6.45, 7) is 3.84. The number of pyridine rings is 1. The molecule has 0 bridgehead atoms. The van der Waals surface area contributed by atoms with Crippen molar-refractivity contribution in [3.63, 3.8) is 0 Å². The molecule has 3 rings (SSSR count). The number of aromatic amines is 1. The van der Waals surface area contributed by atoms with Crippen molar-refractivity contribution in [2.24, 2.45) is 0 Å². The Hall–Kier alpha value is -2.76. The van der Waals surface area contributed by atoms with Gasteiger partial charge in [0.1, 0.15) is 11.0 Å². The summed E-state index contributed by atoms with van der Waals surface area (Å²) in [4.78, 5) is 16.7. The number of nitrogens with zero attached hydrogens (tertiary/aromatic N) is 3. The van der Waals surface area contributed by atoms with E-state index in [0.717, 1.165) is 16.9 Å². The molecule has 0 unspecified atom stereocenters. The van der Waals surface area contributed by atoms with Crippen LogP contribution in [-0.2, 0) is 0 Å². The van der Waals surface area contributed by atoms with Crippen LogP contribution in [0.1, 0.15) is 34.7 Å². The van der Waals surface area contributed by atoms with E-state index in [2.05, 4.69) is 25.7 Å². The lowest BCUT2D eigenvalue weighted by molar-refractivity contribution is 0.0939. The monoisotopic (exact) mass is 281 g/mol. The number of H-pyrrole nitrogens is 1. The molecule has 0 aliphatic heterocycles. The van der Waals surface area contributed by atoms with Crippen LogP contribution in [0.5, 0.6) is 0 Å². The molecule has 3 aromatic rings. The Morgan fingerprint density at radius 2 is 2.00 bits per heavy atom. The van der Waals surface area contributed by atoms with E-state index >= 15 is 0 Å². The Morgan fingerprint density at radius 3 is 2.81 bits per heavy atom. The molecule has 1 amide bonds. The lowest BCUT2D eigenvalue weighted by Crippen LogP contribution is -2.27. The van der Waals surface area contributed by atoms with Crippen LogP contribution in [-0.4, -0.2) is 26.3 Å². The number of hydrogen-bond acceptors (Lipinski definition) is 4. The van der Waals surface area contributed by atoms with Crippen molar-refractivity contribution in [2.45, 2.75) is 19.9 Å². The molecule has 2 N–H and O–H groups in total. The summed E-state index contributed by atoms with van der Waals surface area (Å²) in [7, 11) is 0. The van der Waals surface area contributed by atoms with Crippen molar-refractivity contribution >= 4 is 16.9 Å². The largest absolute Gasteiger partial charge is 0.344 e. The van der Waals surface area contributed by atoms with E-state index in [1.165, 1.54) is 0 Å². The second-order valence-corrected chi connectivity index (χ2v) is 4.93. The second kappa shape index (κ2) is 5.32. The maximum absolute atomic E-state index is 12.3. The number of amides is 1. The quantitative estimate of drug-likeness (QED) is 0.770. The predicted molar refractivity (Wildman–Crippen MR) is 78.7 cm³/mol. The zero-order chi connectivity index (χ0) is 14.8. The van der Waals surface area contributed by atoms with E-state index in [-0.39, 0.29) is 11.9 Å². The summed E-state index contributed by atoms with van der Waals surface area (Å²) >= 11 is 0. The number of benzene rings is 1. The summed E-state index contributed by atoms with van der Waals surface area (Å²) in [6.07, 6.45) is 0. The molecule has 2 heterocycles. The molecule has 1 aromatic carbocycles. The van der Waals surface area contributed by atoms with Gasteiger partial charge in [0.05, 0.1) is 11.7 Å². The molecule has 0 spiro atoms. The highest BCUT2D eigenvalue weighted by Crippen LogP contribution is 2.14. The van der Waals surface area contributed by atoms with E-state index in [0.29, 0.717) is 11.1 Å². The van der Waals surface area contributed by atoms with Gasteiger partial charge in [-0.1, -0.05) is 6.07 Å². The first-order chi connectivity index (χ1) is 10.1. The SMILES string of the molecule is Cc1cccc([C@@H](C)NC(=O)c2ccc3n[nH]nc3c2)n1. The van der Waals surface area contributed by atoms with Crippen LogP contribution >= 0.6 is 0 Å². The molecule has 21 heavy (non-hydrogen) atoms. The lowest BCUT2D eigenvalue weighted by atomic mass is 10.1. The predicted octanol–water partition coefficient (Wildman–Crippen LogP) is 2.15. The minimum atomic E-state index is -0.162. The van der Waals surface area contributed by atoms with E-state index in [4.69, 9.17) is 0 Å². The molecule has 106 valence electrons. The highest BCUT2D eigenvalue weighted by molar-refractivity contribution is 5.97. The summed E-state index contributed by atoms with van der Waals surface area (Å²) in [5.41, 5.74) is 3.73. The van der Waals surface area contributed by atoms with Gasteiger partial charge in [-0.2, -0.15) is 15.4 Å². The number of aryl methyl sites for hydroxylation is 1. The van der Waals surface area contributed by atoms with Crippen molar-refractivity contribution in [3.05, 3.63) is 53.3 Å². The van der Waals surface area contributed by atoms with Gasteiger partial charge in [0.25, 0.3) is 5.91 Å². The van der Waals surface area contributed by atoms with Gasteiger partial charge in [-0.25, -0.2) is 0 Å². The first kappa shape index (κ1) is 13.2. The highest BCUT2D eigenvalue weighted by Gasteiger charge is 2.13. The number of carbonyl (C=O) groups is 1. The molecule has 2 aromatic heterocycles. The van der Waals surface area contributed by atoms with Crippen LogP contribution in [0.15, 0.2) is 36.4 Å². The maximum atomic E-state index is 12.3. The first-order valence-corrected chi connectivity index (χ1v) is 6.68. The summed E-state index contributed by atoms with van der Waals surface area (Å²) in [5.74, 6) is -0.157. The molecule has 0 saturated heterocycles. The zero-order valence-electron chi connectivity index (χ0n) is 11.8. The van der Waals surface area contributed by atoms with Crippen molar-refractivity contribution in [1.82, 2.24) is 25.7 Å². The lowest BCUT2D eigenvalue weighted by Gasteiger charge is -2.13. The molecule has 0 fully saturated rings.